The Morgan fingerprint density at radius 3 is 1.66 bits per heavy atom. The average molecular weight is 779 g/mol. The lowest BCUT2D eigenvalue weighted by Crippen LogP contribution is -2.04. The molecule has 5 nitrogen and oxygen atoms in total. The van der Waals surface area contributed by atoms with Crippen molar-refractivity contribution in [3.63, 3.8) is 0 Å². The summed E-state index contributed by atoms with van der Waals surface area (Å²) in [6, 6.07) is 72.9. The molecule has 5 heteroatoms. The minimum absolute atomic E-state index is 0.634. The predicted molar refractivity (Wildman–Crippen MR) is 250 cm³/mol. The van der Waals surface area contributed by atoms with Gasteiger partial charge in [-0.1, -0.05) is 146 Å². The number of fused-ring (bicyclic) bond motifs is 9. The molecule has 0 bridgehead atoms. The molecule has 0 N–H and O–H groups in total. The van der Waals surface area contributed by atoms with Crippen molar-refractivity contribution in [3.05, 3.63) is 206 Å². The van der Waals surface area contributed by atoms with Gasteiger partial charge in [-0.15, -0.1) is 0 Å². The molecule has 9 aromatic carbocycles. The lowest BCUT2D eigenvalue weighted by Gasteiger charge is -2.23. The van der Waals surface area contributed by atoms with Gasteiger partial charge in [0, 0.05) is 55.4 Å². The Morgan fingerprint density at radius 2 is 0.918 bits per heavy atom. The fraction of sp³-hybridized carbons (Fsp3) is 0. The average Bonchev–Trinajstić information content (AvgIpc) is 3.85. The molecule has 0 atom stereocenters. The predicted octanol–water partition coefficient (Wildman–Crippen LogP) is 14.6. The molecule has 0 unspecified atom stereocenters. The molecule has 0 spiro atoms. The number of benzene rings is 9. The van der Waals surface area contributed by atoms with Gasteiger partial charge in [0.25, 0.3) is 0 Å². The minimum Gasteiger partial charge on any atom is -0.456 e. The topological polar surface area (TPSA) is 44.9 Å². The third-order valence-corrected chi connectivity index (χ3v) is 12.3. The summed E-state index contributed by atoms with van der Waals surface area (Å²) in [4.78, 5) is 10.4. The van der Waals surface area contributed by atoms with Gasteiger partial charge in [0.2, 0.25) is 5.95 Å². The highest BCUT2D eigenvalue weighted by Crippen LogP contribution is 2.51. The molecular formula is C56H34N4O. The van der Waals surface area contributed by atoms with Gasteiger partial charge in [0.15, 0.2) is 0 Å². The zero-order chi connectivity index (χ0) is 40.0. The number of nitrogens with zero attached hydrogens (tertiary/aromatic N) is 4. The highest BCUT2D eigenvalue weighted by molar-refractivity contribution is 6.25. The van der Waals surface area contributed by atoms with Crippen molar-refractivity contribution < 1.29 is 4.74 Å². The second-order valence-electron chi connectivity index (χ2n) is 15.8. The summed E-state index contributed by atoms with van der Waals surface area (Å²) in [7, 11) is 0. The van der Waals surface area contributed by atoms with Gasteiger partial charge in [0.05, 0.1) is 33.5 Å². The lowest BCUT2D eigenvalue weighted by molar-refractivity contribution is 0.488. The number of rotatable bonds is 5. The van der Waals surface area contributed by atoms with Gasteiger partial charge in [0.1, 0.15) is 11.5 Å². The van der Waals surface area contributed by atoms with Crippen molar-refractivity contribution in [2.45, 2.75) is 0 Å². The van der Waals surface area contributed by atoms with E-state index in [0.717, 1.165) is 89.1 Å². The molecule has 0 saturated heterocycles. The van der Waals surface area contributed by atoms with Crippen LogP contribution in [0.2, 0.25) is 0 Å². The van der Waals surface area contributed by atoms with E-state index in [1.165, 1.54) is 27.2 Å². The second kappa shape index (κ2) is 13.1. The van der Waals surface area contributed by atoms with Crippen molar-refractivity contribution >= 4 is 54.4 Å². The van der Waals surface area contributed by atoms with Crippen LogP contribution in [0, 0.1) is 0 Å². The Kier molecular flexibility index (Phi) is 7.24. The monoisotopic (exact) mass is 778 g/mol. The SMILES string of the molecule is c1ccc(-c2cc(-c3ccccc3)nc(-n3c4ccccc4c4cc(-c5ccc6c(c5)Oc5cc7c(c8cccc-6c58)c5ccccc5n7-c5ccccc5)ccc43)n2)cc1. The molecule has 1 aliphatic heterocycles. The number of hydrogen-bond acceptors (Lipinski definition) is 3. The van der Waals surface area contributed by atoms with E-state index in [-0.39, 0.29) is 0 Å². The minimum atomic E-state index is 0.634. The summed E-state index contributed by atoms with van der Waals surface area (Å²) in [5, 5.41) is 7.09. The van der Waals surface area contributed by atoms with Crippen LogP contribution in [0.3, 0.4) is 0 Å². The van der Waals surface area contributed by atoms with E-state index >= 15 is 0 Å². The van der Waals surface area contributed by atoms with Gasteiger partial charge >= 0.3 is 0 Å². The summed E-state index contributed by atoms with van der Waals surface area (Å²) in [6.07, 6.45) is 0. The van der Waals surface area contributed by atoms with Crippen LogP contribution in [0.25, 0.3) is 111 Å². The number of para-hydroxylation sites is 3. The van der Waals surface area contributed by atoms with Crippen molar-refractivity contribution in [1.82, 2.24) is 19.1 Å². The van der Waals surface area contributed by atoms with Crippen LogP contribution in [0.5, 0.6) is 11.5 Å². The zero-order valence-corrected chi connectivity index (χ0v) is 32.8. The Labute approximate surface area is 351 Å². The molecule has 1 aliphatic rings. The summed E-state index contributed by atoms with van der Waals surface area (Å²) < 4.78 is 11.6. The van der Waals surface area contributed by atoms with Gasteiger partial charge in [-0.3, -0.25) is 4.57 Å². The maximum absolute atomic E-state index is 6.99. The van der Waals surface area contributed by atoms with Crippen LogP contribution < -0.4 is 4.74 Å². The van der Waals surface area contributed by atoms with E-state index in [2.05, 4.69) is 203 Å². The molecular weight excluding hydrogens is 745 g/mol. The molecule has 0 amide bonds. The Morgan fingerprint density at radius 1 is 0.328 bits per heavy atom. The molecule has 12 aromatic rings. The van der Waals surface area contributed by atoms with Gasteiger partial charge < -0.3 is 9.30 Å². The van der Waals surface area contributed by atoms with Crippen molar-refractivity contribution in [2.24, 2.45) is 0 Å². The quantitative estimate of drug-likeness (QED) is 0.175. The molecule has 284 valence electrons. The molecule has 0 saturated carbocycles. The summed E-state index contributed by atoms with van der Waals surface area (Å²) in [5.74, 6) is 2.35. The smallest absolute Gasteiger partial charge is 0.235 e. The van der Waals surface area contributed by atoms with Crippen LogP contribution in [0.1, 0.15) is 0 Å². The van der Waals surface area contributed by atoms with Gasteiger partial charge in [-0.05, 0) is 76.7 Å². The highest BCUT2D eigenvalue weighted by Gasteiger charge is 2.25. The van der Waals surface area contributed by atoms with Gasteiger partial charge in [-0.2, -0.15) is 0 Å². The fourth-order valence-electron chi connectivity index (χ4n) is 9.61. The Balaban J connectivity index is 0.964. The maximum Gasteiger partial charge on any atom is 0.235 e. The van der Waals surface area contributed by atoms with E-state index in [1.54, 1.807) is 0 Å². The van der Waals surface area contributed by atoms with Crippen LogP contribution in [0.15, 0.2) is 206 Å². The van der Waals surface area contributed by atoms with E-state index in [4.69, 9.17) is 14.7 Å². The third kappa shape index (κ3) is 5.14. The first-order valence-corrected chi connectivity index (χ1v) is 20.7. The highest BCUT2D eigenvalue weighted by atomic mass is 16.5. The first-order valence-electron chi connectivity index (χ1n) is 20.7. The van der Waals surface area contributed by atoms with Crippen LogP contribution in [0.4, 0.5) is 0 Å². The van der Waals surface area contributed by atoms with Gasteiger partial charge in [-0.25, -0.2) is 9.97 Å². The number of ether oxygens (including phenoxy) is 1. The molecule has 0 aliphatic carbocycles. The van der Waals surface area contributed by atoms with Crippen LogP contribution in [-0.2, 0) is 0 Å². The summed E-state index contributed by atoms with van der Waals surface area (Å²) >= 11 is 0. The summed E-state index contributed by atoms with van der Waals surface area (Å²) in [6.45, 7) is 0. The number of hydrogen-bond donors (Lipinski definition) is 0. The van der Waals surface area contributed by atoms with E-state index in [9.17, 15) is 0 Å². The standard InChI is InChI=1S/C56H34N4O/c1-4-15-35(16-5-1)46-33-47(36-17-6-2-7-18-36)58-56(57-46)60-48-25-12-10-21-40(48)45-31-37(28-30-50(45)60)38-27-29-41-42-23-14-24-44-54-43-22-11-13-26-49(43)59(39-19-8-3-9-20-39)51(54)34-53(55(42)44)61-52(41)32-38/h1-34H. The normalized spacial score (nSPS) is 12.1. The fourth-order valence-corrected chi connectivity index (χ4v) is 9.61. The number of aromatic nitrogens is 4. The van der Waals surface area contributed by atoms with Crippen LogP contribution in [-0.4, -0.2) is 19.1 Å². The van der Waals surface area contributed by atoms with Crippen molar-refractivity contribution in [2.75, 3.05) is 0 Å². The van der Waals surface area contributed by atoms with E-state index in [1.807, 2.05) is 12.1 Å². The Bertz CT molecular complexity index is 3660. The second-order valence-corrected chi connectivity index (χ2v) is 15.8. The summed E-state index contributed by atoms with van der Waals surface area (Å²) in [5.41, 5.74) is 13.8. The van der Waals surface area contributed by atoms with Crippen molar-refractivity contribution in [3.8, 4) is 67.9 Å². The van der Waals surface area contributed by atoms with Crippen molar-refractivity contribution in [1.29, 1.82) is 0 Å². The zero-order valence-electron chi connectivity index (χ0n) is 32.8. The molecule has 3 aromatic heterocycles. The van der Waals surface area contributed by atoms with E-state index < -0.39 is 0 Å². The molecule has 13 rings (SSSR count). The first-order chi connectivity index (χ1) is 30.2. The molecule has 4 heterocycles. The molecule has 61 heavy (non-hydrogen) atoms. The molecule has 0 fully saturated rings. The Hall–Kier alpha value is -8.28. The largest absolute Gasteiger partial charge is 0.456 e. The van der Waals surface area contributed by atoms with E-state index in [0.29, 0.717) is 5.95 Å². The van der Waals surface area contributed by atoms with Crippen LogP contribution >= 0.6 is 0 Å². The maximum atomic E-state index is 6.99. The third-order valence-electron chi connectivity index (χ3n) is 12.3. The first kappa shape index (κ1) is 33.7. The molecule has 0 radical (unpaired) electrons. The lowest BCUT2D eigenvalue weighted by atomic mass is 9.91.